The predicted octanol–water partition coefficient (Wildman–Crippen LogP) is 4.92. The molecular weight excluding hydrogens is 378 g/mol. The van der Waals surface area contributed by atoms with Gasteiger partial charge in [0.25, 0.3) is 0 Å². The molecule has 2 aromatic carbocycles. The smallest absolute Gasteiger partial charge is 0.248 e. The van der Waals surface area contributed by atoms with Crippen LogP contribution < -0.4 is 10.6 Å². The molecule has 0 spiro atoms. The number of carbonyl (C=O) groups is 1. The van der Waals surface area contributed by atoms with E-state index in [1.54, 1.807) is 4.90 Å². The van der Waals surface area contributed by atoms with Gasteiger partial charge in [0, 0.05) is 12.2 Å². The number of amides is 1. The van der Waals surface area contributed by atoms with E-state index in [1.807, 2.05) is 48.9 Å². The van der Waals surface area contributed by atoms with Gasteiger partial charge in [-0.2, -0.15) is 11.3 Å². The van der Waals surface area contributed by atoms with Crippen molar-refractivity contribution in [2.24, 2.45) is 5.73 Å². The summed E-state index contributed by atoms with van der Waals surface area (Å²) in [6, 6.07) is 10.6. The molecule has 1 aromatic heterocycles. The number of anilines is 1. The van der Waals surface area contributed by atoms with Crippen LogP contribution in [0.15, 0.2) is 53.2 Å². The fourth-order valence-corrected chi connectivity index (χ4v) is 3.66. The topological polar surface area (TPSA) is 46.3 Å². The Morgan fingerprint density at radius 3 is 2.50 bits per heavy atom. The second-order valence-corrected chi connectivity index (χ2v) is 7.57. The Bertz CT molecular complexity index is 973. The van der Waals surface area contributed by atoms with Gasteiger partial charge in [-0.15, -0.1) is 0 Å². The summed E-state index contributed by atoms with van der Waals surface area (Å²) in [5, 5.41) is 3.74. The zero-order valence-electron chi connectivity index (χ0n) is 15.8. The third-order valence-corrected chi connectivity index (χ3v) is 5.55. The lowest BCUT2D eigenvalue weighted by molar-refractivity contribution is -0.119. The van der Waals surface area contributed by atoms with Crippen molar-refractivity contribution in [2.45, 2.75) is 26.3 Å². The maximum atomic E-state index is 13.5. The van der Waals surface area contributed by atoms with Crippen LogP contribution in [0.4, 0.5) is 14.5 Å². The molecular formula is C22H22F2N2OS. The number of hydrogen-bond donors (Lipinski definition) is 1. The van der Waals surface area contributed by atoms with E-state index >= 15 is 0 Å². The molecule has 0 saturated carbocycles. The highest BCUT2D eigenvalue weighted by atomic mass is 32.1. The average Bonchev–Trinajstić information content (AvgIpc) is 3.21. The van der Waals surface area contributed by atoms with Crippen molar-refractivity contribution < 1.29 is 13.6 Å². The number of hydrogen-bond acceptors (Lipinski definition) is 3. The number of nitrogens with two attached hydrogens (primary N) is 1. The molecule has 0 saturated heterocycles. The molecule has 0 radical (unpaired) electrons. The summed E-state index contributed by atoms with van der Waals surface area (Å²) < 4.78 is 26.7. The van der Waals surface area contributed by atoms with Crippen molar-refractivity contribution in [3.63, 3.8) is 0 Å². The van der Waals surface area contributed by atoms with Gasteiger partial charge < -0.3 is 10.6 Å². The number of aryl methyl sites for hydroxylation is 2. The number of carbonyl (C=O) groups excluding carboxylic acids is 1. The first kappa shape index (κ1) is 20.2. The minimum Gasteiger partial charge on any atom is -0.316 e. The summed E-state index contributed by atoms with van der Waals surface area (Å²) in [7, 11) is 0. The highest BCUT2D eigenvalue weighted by molar-refractivity contribution is 7.08. The molecule has 0 aliphatic heterocycles. The maximum Gasteiger partial charge on any atom is 0.248 e. The zero-order valence-corrected chi connectivity index (χ0v) is 16.6. The third-order valence-electron chi connectivity index (χ3n) is 4.84. The summed E-state index contributed by atoms with van der Waals surface area (Å²) >= 11 is 1.48. The molecule has 3 aromatic rings. The Kier molecular flexibility index (Phi) is 6.21. The summed E-state index contributed by atoms with van der Waals surface area (Å²) in [4.78, 5) is 14.8. The minimum atomic E-state index is -0.892. The summed E-state index contributed by atoms with van der Waals surface area (Å²) in [5.41, 5.74) is 10.5. The summed E-state index contributed by atoms with van der Waals surface area (Å²) in [5.74, 6) is -2.01. The number of rotatable bonds is 6. The van der Waals surface area contributed by atoms with Crippen molar-refractivity contribution in [1.29, 1.82) is 0 Å². The van der Waals surface area contributed by atoms with Gasteiger partial charge in [0.05, 0.1) is 0 Å². The van der Waals surface area contributed by atoms with Gasteiger partial charge in [0.15, 0.2) is 11.6 Å². The van der Waals surface area contributed by atoms with E-state index in [0.717, 1.165) is 34.5 Å². The van der Waals surface area contributed by atoms with Crippen LogP contribution in [-0.2, 0) is 11.2 Å². The molecule has 6 heteroatoms. The van der Waals surface area contributed by atoms with Gasteiger partial charge in [0.2, 0.25) is 5.91 Å². The van der Waals surface area contributed by atoms with E-state index in [9.17, 15) is 13.6 Å². The lowest BCUT2D eigenvalue weighted by atomic mass is 10.1. The first-order valence-electron chi connectivity index (χ1n) is 8.97. The van der Waals surface area contributed by atoms with E-state index in [2.05, 4.69) is 0 Å². The molecule has 3 rings (SSSR count). The first-order chi connectivity index (χ1) is 13.4. The summed E-state index contributed by atoms with van der Waals surface area (Å²) in [6.07, 6.45) is 0.381. The van der Waals surface area contributed by atoms with Crippen LogP contribution in [0.1, 0.15) is 28.3 Å². The highest BCUT2D eigenvalue weighted by Gasteiger charge is 2.24. The molecule has 0 aliphatic rings. The highest BCUT2D eigenvalue weighted by Crippen LogP contribution is 2.24. The van der Waals surface area contributed by atoms with Crippen LogP contribution in [0.2, 0.25) is 0 Å². The van der Waals surface area contributed by atoms with Crippen molar-refractivity contribution in [3.05, 3.63) is 87.1 Å². The Morgan fingerprint density at radius 2 is 1.86 bits per heavy atom. The van der Waals surface area contributed by atoms with Crippen molar-refractivity contribution >= 4 is 22.9 Å². The van der Waals surface area contributed by atoms with E-state index in [0.29, 0.717) is 18.5 Å². The third kappa shape index (κ3) is 4.46. The minimum absolute atomic E-state index is 0.232. The number of halogens is 2. The first-order valence-corrected chi connectivity index (χ1v) is 9.91. The number of nitrogens with zero attached hydrogens (tertiary/aromatic N) is 1. The van der Waals surface area contributed by atoms with Gasteiger partial charge >= 0.3 is 0 Å². The van der Waals surface area contributed by atoms with Crippen molar-refractivity contribution in [1.82, 2.24) is 0 Å². The Morgan fingerprint density at radius 1 is 1.07 bits per heavy atom. The van der Waals surface area contributed by atoms with Crippen LogP contribution in [0.5, 0.6) is 0 Å². The van der Waals surface area contributed by atoms with Gasteiger partial charge in [-0.25, -0.2) is 8.78 Å². The molecule has 1 heterocycles. The lowest BCUT2D eigenvalue weighted by Crippen LogP contribution is -2.40. The van der Waals surface area contributed by atoms with Crippen molar-refractivity contribution in [3.8, 4) is 0 Å². The van der Waals surface area contributed by atoms with Gasteiger partial charge in [-0.05, 0) is 83.6 Å². The van der Waals surface area contributed by atoms with Crippen LogP contribution in [-0.4, -0.2) is 12.5 Å². The quantitative estimate of drug-likeness (QED) is 0.638. The Labute approximate surface area is 167 Å². The predicted molar refractivity (Wildman–Crippen MR) is 110 cm³/mol. The molecule has 28 heavy (non-hydrogen) atoms. The normalized spacial score (nSPS) is 12.0. The fourth-order valence-electron chi connectivity index (χ4n) is 2.96. The van der Waals surface area contributed by atoms with Crippen LogP contribution in [0.3, 0.4) is 0 Å². The summed E-state index contributed by atoms with van der Waals surface area (Å²) in [6.45, 7) is 4.30. The Hall–Kier alpha value is -2.57. The maximum absolute atomic E-state index is 13.5. The number of benzene rings is 2. The molecule has 3 nitrogen and oxygen atoms in total. The molecule has 1 unspecified atom stereocenters. The molecule has 0 fully saturated rings. The second-order valence-electron chi connectivity index (χ2n) is 6.79. The Balaban J connectivity index is 1.88. The molecule has 146 valence electrons. The molecule has 1 atom stereocenters. The fraction of sp³-hybridized carbons (Fsp3) is 0.227. The van der Waals surface area contributed by atoms with Crippen LogP contribution in [0, 0.1) is 25.5 Å². The van der Waals surface area contributed by atoms with E-state index in [1.165, 1.54) is 17.4 Å². The van der Waals surface area contributed by atoms with Gasteiger partial charge in [-0.3, -0.25) is 4.79 Å². The van der Waals surface area contributed by atoms with Gasteiger partial charge in [0.1, 0.15) is 6.04 Å². The lowest BCUT2D eigenvalue weighted by Gasteiger charge is -2.26. The molecule has 2 N–H and O–H groups in total. The van der Waals surface area contributed by atoms with Crippen molar-refractivity contribution in [2.75, 3.05) is 11.4 Å². The van der Waals surface area contributed by atoms with Crippen LogP contribution in [0.25, 0.3) is 0 Å². The van der Waals surface area contributed by atoms with Crippen LogP contribution >= 0.6 is 11.3 Å². The average molecular weight is 400 g/mol. The SMILES string of the molecule is Cc1ccc(N(CCc2ccc(F)c(F)c2)C(=O)C(N)c2ccsc2)cc1C. The molecule has 1 amide bonds. The zero-order chi connectivity index (χ0) is 20.3. The molecule has 0 aliphatic carbocycles. The van der Waals surface area contributed by atoms with E-state index in [4.69, 9.17) is 5.73 Å². The standard InChI is InChI=1S/C22H22F2N2OS/c1-14-3-5-18(11-15(14)2)26(22(27)21(25)17-8-10-28-13-17)9-7-16-4-6-19(23)20(24)12-16/h3-6,8,10-13,21H,7,9,25H2,1-2H3. The number of thiophene rings is 1. The van der Waals surface area contributed by atoms with E-state index in [-0.39, 0.29) is 5.91 Å². The monoisotopic (exact) mass is 400 g/mol. The second kappa shape index (κ2) is 8.63. The van der Waals surface area contributed by atoms with E-state index < -0.39 is 17.7 Å². The van der Waals surface area contributed by atoms with Gasteiger partial charge in [-0.1, -0.05) is 12.1 Å². The molecule has 0 bridgehead atoms. The largest absolute Gasteiger partial charge is 0.316 e.